The lowest BCUT2D eigenvalue weighted by Crippen LogP contribution is -2.42. The molecule has 3 aromatic rings. The lowest BCUT2D eigenvalue weighted by atomic mass is 10.1. The highest BCUT2D eigenvalue weighted by atomic mass is 19.1. The molecule has 1 heterocycles. The minimum absolute atomic E-state index is 0.213. The van der Waals surface area contributed by atoms with Gasteiger partial charge in [-0.3, -0.25) is 4.79 Å². The number of halogens is 1. The number of hydrogen-bond donors (Lipinski definition) is 4. The maximum absolute atomic E-state index is 13.0. The highest BCUT2D eigenvalue weighted by molar-refractivity contribution is 5.94. The number of carbonyl (C=O) groups excluding carboxylic acids is 1. The second kappa shape index (κ2) is 6.77. The smallest absolute Gasteiger partial charge is 0.287 e. The third kappa shape index (κ3) is 3.42. The van der Waals surface area contributed by atoms with E-state index in [-0.39, 0.29) is 30.1 Å². The zero-order valence-electron chi connectivity index (χ0n) is 12.9. The molecule has 2 aromatic carbocycles. The van der Waals surface area contributed by atoms with E-state index < -0.39 is 0 Å². The van der Waals surface area contributed by atoms with Gasteiger partial charge in [-0.1, -0.05) is 18.2 Å². The summed E-state index contributed by atoms with van der Waals surface area (Å²) in [6.45, 7) is 0.578. The van der Waals surface area contributed by atoms with E-state index in [2.05, 4.69) is 15.3 Å². The summed E-state index contributed by atoms with van der Waals surface area (Å²) >= 11 is 0. The maximum atomic E-state index is 13.0. The third-order valence-corrected chi connectivity index (χ3v) is 3.70. The fourth-order valence-corrected chi connectivity index (χ4v) is 2.33. The normalized spacial score (nSPS) is 12.3. The summed E-state index contributed by atoms with van der Waals surface area (Å²) in [5.41, 5.74) is 14.3. The molecular weight excluding hydrogens is 309 g/mol. The van der Waals surface area contributed by atoms with E-state index in [1.54, 1.807) is 12.1 Å². The van der Waals surface area contributed by atoms with Crippen molar-refractivity contribution < 1.29 is 9.18 Å². The van der Waals surface area contributed by atoms with Crippen LogP contribution in [-0.4, -0.2) is 35.0 Å². The van der Waals surface area contributed by atoms with Crippen molar-refractivity contribution in [2.24, 2.45) is 11.5 Å². The molecule has 6 N–H and O–H groups in total. The van der Waals surface area contributed by atoms with Crippen molar-refractivity contribution >= 4 is 16.9 Å². The molecule has 0 aliphatic heterocycles. The second-order valence-corrected chi connectivity index (χ2v) is 5.53. The fraction of sp³-hybridized carbons (Fsp3) is 0.176. The van der Waals surface area contributed by atoms with Gasteiger partial charge >= 0.3 is 0 Å². The summed E-state index contributed by atoms with van der Waals surface area (Å²) in [6, 6.07) is 11.5. The lowest BCUT2D eigenvalue weighted by molar-refractivity contribution is 0.0942. The number of nitrogens with two attached hydrogens (primary N) is 2. The quantitative estimate of drug-likeness (QED) is 0.567. The highest BCUT2D eigenvalue weighted by Crippen LogP contribution is 2.23. The summed E-state index contributed by atoms with van der Waals surface area (Å²) in [4.78, 5) is 19.3. The molecule has 0 radical (unpaired) electrons. The first-order valence-electron chi connectivity index (χ1n) is 7.56. The van der Waals surface area contributed by atoms with Gasteiger partial charge in [-0.25, -0.2) is 9.37 Å². The number of nitrogens with zero attached hydrogens (tertiary/aromatic N) is 1. The summed E-state index contributed by atoms with van der Waals surface area (Å²) in [5.74, 6) is -0.403. The van der Waals surface area contributed by atoms with Crippen molar-refractivity contribution in [3.8, 4) is 11.1 Å². The molecule has 3 rings (SSSR count). The van der Waals surface area contributed by atoms with Crippen molar-refractivity contribution in [3.63, 3.8) is 0 Å². The number of aromatic amines is 1. The van der Waals surface area contributed by atoms with E-state index >= 15 is 0 Å². The monoisotopic (exact) mass is 327 g/mol. The van der Waals surface area contributed by atoms with E-state index in [1.165, 1.54) is 12.1 Å². The number of hydrogen-bond acceptors (Lipinski definition) is 4. The van der Waals surface area contributed by atoms with E-state index in [4.69, 9.17) is 11.5 Å². The maximum Gasteiger partial charge on any atom is 0.287 e. The summed E-state index contributed by atoms with van der Waals surface area (Å²) in [5, 5.41) is 2.68. The van der Waals surface area contributed by atoms with Gasteiger partial charge in [0.2, 0.25) is 0 Å². The number of nitrogens with one attached hydrogen (secondary N) is 2. The topological polar surface area (TPSA) is 110 Å². The first kappa shape index (κ1) is 16.1. The molecule has 1 aromatic heterocycles. The number of aromatic nitrogens is 2. The Bertz CT molecular complexity index is 859. The molecule has 0 saturated carbocycles. The Morgan fingerprint density at radius 3 is 2.62 bits per heavy atom. The Balaban J connectivity index is 1.83. The molecule has 1 atom stereocenters. The summed E-state index contributed by atoms with van der Waals surface area (Å²) in [6.07, 6.45) is 0. The van der Waals surface area contributed by atoms with Crippen molar-refractivity contribution in [2.75, 3.05) is 13.1 Å². The minimum atomic E-state index is -0.335. The Morgan fingerprint density at radius 1 is 1.21 bits per heavy atom. The average Bonchev–Trinajstić information content (AvgIpc) is 3.03. The number of amides is 1. The number of H-pyrrole nitrogens is 1. The van der Waals surface area contributed by atoms with Crippen LogP contribution in [0.5, 0.6) is 0 Å². The van der Waals surface area contributed by atoms with Gasteiger partial charge in [0.25, 0.3) is 5.91 Å². The molecule has 0 spiro atoms. The van der Waals surface area contributed by atoms with Crippen LogP contribution in [0, 0.1) is 5.82 Å². The lowest BCUT2D eigenvalue weighted by Gasteiger charge is -2.08. The van der Waals surface area contributed by atoms with Crippen LogP contribution in [0.25, 0.3) is 22.2 Å². The molecule has 0 aliphatic rings. The Kier molecular flexibility index (Phi) is 4.54. The Morgan fingerprint density at radius 2 is 1.92 bits per heavy atom. The zero-order chi connectivity index (χ0) is 17.1. The first-order valence-corrected chi connectivity index (χ1v) is 7.56. The van der Waals surface area contributed by atoms with Crippen LogP contribution in [0.15, 0.2) is 42.5 Å². The summed E-state index contributed by atoms with van der Waals surface area (Å²) < 4.78 is 13.0. The van der Waals surface area contributed by atoms with Gasteiger partial charge in [-0.15, -0.1) is 0 Å². The van der Waals surface area contributed by atoms with Crippen LogP contribution in [0.1, 0.15) is 10.6 Å². The van der Waals surface area contributed by atoms with Crippen LogP contribution < -0.4 is 16.8 Å². The molecule has 7 heteroatoms. The Hall–Kier alpha value is -2.77. The standard InChI is InChI=1S/C17H18FN5O/c18-12-4-1-10(2-5-12)11-3-6-14-15(7-11)23-16(22-14)17(24)21-9-13(20)8-19/h1-7,13H,8-9,19-20H2,(H,21,24)(H,22,23). The van der Waals surface area contributed by atoms with Crippen LogP contribution >= 0.6 is 0 Å². The van der Waals surface area contributed by atoms with Gasteiger partial charge in [-0.2, -0.15) is 0 Å². The number of rotatable bonds is 5. The second-order valence-electron chi connectivity index (χ2n) is 5.53. The van der Waals surface area contributed by atoms with Gasteiger partial charge in [0.15, 0.2) is 5.82 Å². The molecular formula is C17H18FN5O. The molecule has 124 valence electrons. The third-order valence-electron chi connectivity index (χ3n) is 3.70. The molecule has 0 bridgehead atoms. The van der Waals surface area contributed by atoms with E-state index in [9.17, 15) is 9.18 Å². The Labute approximate surface area is 138 Å². The van der Waals surface area contributed by atoms with Crippen LogP contribution in [-0.2, 0) is 0 Å². The molecule has 24 heavy (non-hydrogen) atoms. The van der Waals surface area contributed by atoms with Gasteiger partial charge in [0.1, 0.15) is 5.82 Å². The zero-order valence-corrected chi connectivity index (χ0v) is 12.9. The minimum Gasteiger partial charge on any atom is -0.348 e. The van der Waals surface area contributed by atoms with Crippen LogP contribution in [0.3, 0.4) is 0 Å². The molecule has 0 fully saturated rings. The van der Waals surface area contributed by atoms with Crippen molar-refractivity contribution in [1.29, 1.82) is 0 Å². The van der Waals surface area contributed by atoms with Crippen molar-refractivity contribution in [2.45, 2.75) is 6.04 Å². The van der Waals surface area contributed by atoms with E-state index in [0.29, 0.717) is 12.1 Å². The first-order chi connectivity index (χ1) is 11.6. The summed E-state index contributed by atoms with van der Waals surface area (Å²) in [7, 11) is 0. The molecule has 0 saturated heterocycles. The highest BCUT2D eigenvalue weighted by Gasteiger charge is 2.12. The van der Waals surface area contributed by atoms with Crippen molar-refractivity contribution in [3.05, 3.63) is 54.1 Å². The van der Waals surface area contributed by atoms with Gasteiger partial charge in [0.05, 0.1) is 11.0 Å². The van der Waals surface area contributed by atoms with Gasteiger partial charge in [-0.05, 0) is 35.4 Å². The molecule has 1 unspecified atom stereocenters. The fourth-order valence-electron chi connectivity index (χ4n) is 2.33. The molecule has 0 aliphatic carbocycles. The number of fused-ring (bicyclic) bond motifs is 1. The van der Waals surface area contributed by atoms with Crippen molar-refractivity contribution in [1.82, 2.24) is 15.3 Å². The predicted molar refractivity (Wildman–Crippen MR) is 90.9 cm³/mol. The van der Waals surface area contributed by atoms with Crippen LogP contribution in [0.4, 0.5) is 4.39 Å². The number of benzene rings is 2. The number of carbonyl (C=O) groups is 1. The predicted octanol–water partition coefficient (Wildman–Crippen LogP) is 1.38. The molecule has 1 amide bonds. The SMILES string of the molecule is NCC(N)CNC(=O)c1nc2ccc(-c3ccc(F)cc3)cc2[nH]1. The van der Waals surface area contributed by atoms with Gasteiger partial charge in [0, 0.05) is 19.1 Å². The largest absolute Gasteiger partial charge is 0.348 e. The van der Waals surface area contributed by atoms with E-state index in [1.807, 2.05) is 18.2 Å². The molecule has 6 nitrogen and oxygen atoms in total. The average molecular weight is 327 g/mol. The van der Waals surface area contributed by atoms with E-state index in [0.717, 1.165) is 16.6 Å². The van der Waals surface area contributed by atoms with Gasteiger partial charge < -0.3 is 21.8 Å². The van der Waals surface area contributed by atoms with Crippen LogP contribution in [0.2, 0.25) is 0 Å². The number of imidazole rings is 1.